The first kappa shape index (κ1) is 19.7. The van der Waals surface area contributed by atoms with Crippen LogP contribution in [0.15, 0.2) is 127 Å². The van der Waals surface area contributed by atoms with E-state index >= 15 is 0 Å². The van der Waals surface area contributed by atoms with Crippen molar-refractivity contribution in [3.63, 3.8) is 0 Å². The van der Waals surface area contributed by atoms with Gasteiger partial charge in [0.05, 0.1) is 0 Å². The smallest absolute Gasteiger partial charge is 0.123 e. The van der Waals surface area contributed by atoms with Gasteiger partial charge in [0.1, 0.15) is 5.75 Å². The summed E-state index contributed by atoms with van der Waals surface area (Å²) in [6.45, 7) is 0. The van der Waals surface area contributed by atoms with E-state index in [9.17, 15) is 5.11 Å². The van der Waals surface area contributed by atoms with Crippen LogP contribution in [0.1, 0.15) is 0 Å². The van der Waals surface area contributed by atoms with Gasteiger partial charge in [-0.15, -0.1) is 0 Å². The van der Waals surface area contributed by atoms with Gasteiger partial charge in [0.25, 0.3) is 0 Å². The molecular formula is C30H23NO. The first-order valence-electron chi connectivity index (χ1n) is 10.7. The molecule has 0 aliphatic carbocycles. The summed E-state index contributed by atoms with van der Waals surface area (Å²) in [5.74, 6) is 0.289. The van der Waals surface area contributed by atoms with Crippen molar-refractivity contribution in [1.29, 1.82) is 0 Å². The van der Waals surface area contributed by atoms with Crippen LogP contribution in [0.5, 0.6) is 5.75 Å². The Morgan fingerprint density at radius 1 is 0.438 bits per heavy atom. The van der Waals surface area contributed by atoms with Crippen LogP contribution in [0.2, 0.25) is 0 Å². The second-order valence-corrected chi connectivity index (χ2v) is 7.72. The van der Waals surface area contributed by atoms with Gasteiger partial charge in [-0.05, 0) is 52.6 Å². The molecule has 2 heteroatoms. The van der Waals surface area contributed by atoms with Crippen molar-refractivity contribution in [2.75, 3.05) is 5.32 Å². The molecule has 0 spiro atoms. The van der Waals surface area contributed by atoms with Gasteiger partial charge < -0.3 is 10.4 Å². The summed E-state index contributed by atoms with van der Waals surface area (Å²) in [7, 11) is 0. The molecule has 0 aromatic heterocycles. The zero-order valence-corrected chi connectivity index (χ0v) is 17.6. The molecule has 0 fully saturated rings. The van der Waals surface area contributed by atoms with Gasteiger partial charge in [-0.1, -0.05) is 97.1 Å². The van der Waals surface area contributed by atoms with Crippen molar-refractivity contribution in [2.45, 2.75) is 0 Å². The minimum atomic E-state index is 0.289. The topological polar surface area (TPSA) is 32.3 Å². The predicted molar refractivity (Wildman–Crippen MR) is 134 cm³/mol. The van der Waals surface area contributed by atoms with Crippen molar-refractivity contribution >= 4 is 11.4 Å². The maximum absolute atomic E-state index is 10.2. The summed E-state index contributed by atoms with van der Waals surface area (Å²) in [5.41, 5.74) is 8.49. The van der Waals surface area contributed by atoms with Gasteiger partial charge in [-0.25, -0.2) is 0 Å². The van der Waals surface area contributed by atoms with Crippen LogP contribution in [-0.4, -0.2) is 5.11 Å². The largest absolute Gasteiger partial charge is 0.507 e. The molecule has 2 N–H and O–H groups in total. The number of nitrogens with one attached hydrogen (secondary N) is 1. The van der Waals surface area contributed by atoms with Crippen LogP contribution >= 0.6 is 0 Å². The fraction of sp³-hybridized carbons (Fsp3) is 0. The third-order valence-electron chi connectivity index (χ3n) is 5.56. The van der Waals surface area contributed by atoms with Crippen molar-refractivity contribution in [3.8, 4) is 39.1 Å². The summed E-state index contributed by atoms with van der Waals surface area (Å²) in [5, 5.41) is 13.8. The zero-order valence-electron chi connectivity index (χ0n) is 17.6. The average Bonchev–Trinajstić information content (AvgIpc) is 2.85. The second-order valence-electron chi connectivity index (χ2n) is 7.72. The van der Waals surface area contributed by atoms with Crippen LogP contribution < -0.4 is 5.32 Å². The van der Waals surface area contributed by atoms with E-state index in [1.165, 1.54) is 11.1 Å². The molecule has 5 rings (SSSR count). The van der Waals surface area contributed by atoms with E-state index in [1.54, 1.807) is 6.07 Å². The highest BCUT2D eigenvalue weighted by molar-refractivity contribution is 5.83. The lowest BCUT2D eigenvalue weighted by molar-refractivity contribution is 0.477. The van der Waals surface area contributed by atoms with Gasteiger partial charge in [0.15, 0.2) is 0 Å². The Morgan fingerprint density at radius 2 is 1.03 bits per heavy atom. The van der Waals surface area contributed by atoms with Gasteiger partial charge in [-0.3, -0.25) is 0 Å². The summed E-state index contributed by atoms with van der Waals surface area (Å²) in [4.78, 5) is 0. The van der Waals surface area contributed by atoms with E-state index in [-0.39, 0.29) is 5.75 Å². The van der Waals surface area contributed by atoms with Gasteiger partial charge in [-0.2, -0.15) is 0 Å². The Morgan fingerprint density at radius 3 is 1.84 bits per heavy atom. The Labute approximate surface area is 188 Å². The van der Waals surface area contributed by atoms with Crippen LogP contribution in [0.25, 0.3) is 33.4 Å². The number of para-hydroxylation sites is 2. The predicted octanol–water partition coefficient (Wildman–Crippen LogP) is 8.14. The quantitative estimate of drug-likeness (QED) is 0.305. The molecule has 0 amide bonds. The Balaban J connectivity index is 1.47. The molecular weight excluding hydrogens is 390 g/mol. The monoisotopic (exact) mass is 413 g/mol. The normalized spacial score (nSPS) is 10.6. The van der Waals surface area contributed by atoms with E-state index < -0.39 is 0 Å². The molecule has 154 valence electrons. The lowest BCUT2D eigenvalue weighted by atomic mass is 9.98. The molecule has 2 nitrogen and oxygen atoms in total. The van der Waals surface area contributed by atoms with Crippen molar-refractivity contribution in [3.05, 3.63) is 127 Å². The van der Waals surface area contributed by atoms with E-state index in [1.807, 2.05) is 36.4 Å². The molecule has 32 heavy (non-hydrogen) atoms. The fourth-order valence-electron chi connectivity index (χ4n) is 3.98. The van der Waals surface area contributed by atoms with E-state index in [2.05, 4.69) is 90.2 Å². The average molecular weight is 414 g/mol. The summed E-state index contributed by atoms with van der Waals surface area (Å²) in [6, 6.07) is 42.9. The minimum Gasteiger partial charge on any atom is -0.507 e. The number of hydrogen-bond donors (Lipinski definition) is 2. The van der Waals surface area contributed by atoms with Crippen molar-refractivity contribution in [1.82, 2.24) is 0 Å². The molecule has 0 saturated heterocycles. The van der Waals surface area contributed by atoms with E-state index in [4.69, 9.17) is 0 Å². The molecule has 0 saturated carbocycles. The highest BCUT2D eigenvalue weighted by Crippen LogP contribution is 2.34. The zero-order chi connectivity index (χ0) is 21.8. The van der Waals surface area contributed by atoms with E-state index in [0.717, 1.165) is 33.6 Å². The SMILES string of the molecule is Oc1ccccc1-c1cccc(-c2cccc(Nc3ccccc3-c3ccccc3)c2)c1. The van der Waals surface area contributed by atoms with Crippen molar-refractivity contribution < 1.29 is 5.11 Å². The highest BCUT2D eigenvalue weighted by Gasteiger charge is 2.08. The first-order valence-corrected chi connectivity index (χ1v) is 10.7. The van der Waals surface area contributed by atoms with Crippen molar-refractivity contribution in [2.24, 2.45) is 0 Å². The Hall–Kier alpha value is -4.30. The minimum absolute atomic E-state index is 0.289. The summed E-state index contributed by atoms with van der Waals surface area (Å²) >= 11 is 0. The number of rotatable bonds is 5. The Kier molecular flexibility index (Phi) is 5.42. The highest BCUT2D eigenvalue weighted by atomic mass is 16.3. The maximum Gasteiger partial charge on any atom is 0.123 e. The molecule has 0 atom stereocenters. The number of anilines is 2. The fourth-order valence-corrected chi connectivity index (χ4v) is 3.98. The second kappa shape index (κ2) is 8.83. The van der Waals surface area contributed by atoms with Crippen LogP contribution in [0.3, 0.4) is 0 Å². The number of benzene rings is 5. The summed E-state index contributed by atoms with van der Waals surface area (Å²) < 4.78 is 0. The third kappa shape index (κ3) is 4.12. The third-order valence-corrected chi connectivity index (χ3v) is 5.56. The van der Waals surface area contributed by atoms with Gasteiger partial charge >= 0.3 is 0 Å². The molecule has 0 bridgehead atoms. The van der Waals surface area contributed by atoms with Crippen LogP contribution in [0, 0.1) is 0 Å². The molecule has 5 aromatic carbocycles. The lowest BCUT2D eigenvalue weighted by Crippen LogP contribution is -1.93. The molecule has 0 heterocycles. The number of aromatic hydroxyl groups is 1. The molecule has 0 unspecified atom stereocenters. The number of hydrogen-bond acceptors (Lipinski definition) is 2. The standard InChI is InChI=1S/C30H23NO/c32-30-19-7-5-17-28(30)25-14-8-12-23(20-25)24-13-9-15-26(21-24)31-29-18-6-4-16-27(29)22-10-2-1-3-11-22/h1-21,31-32H. The maximum atomic E-state index is 10.2. The summed E-state index contributed by atoms with van der Waals surface area (Å²) in [6.07, 6.45) is 0. The van der Waals surface area contributed by atoms with Gasteiger partial charge in [0, 0.05) is 22.5 Å². The van der Waals surface area contributed by atoms with E-state index in [0.29, 0.717) is 0 Å². The van der Waals surface area contributed by atoms with Crippen LogP contribution in [0.4, 0.5) is 11.4 Å². The lowest BCUT2D eigenvalue weighted by Gasteiger charge is -2.14. The molecule has 0 aliphatic heterocycles. The molecule has 0 radical (unpaired) electrons. The number of phenols is 1. The van der Waals surface area contributed by atoms with Crippen LogP contribution in [-0.2, 0) is 0 Å². The molecule has 0 aliphatic rings. The molecule has 5 aromatic rings. The Bertz CT molecular complexity index is 1360. The first-order chi connectivity index (χ1) is 15.8. The van der Waals surface area contributed by atoms with Gasteiger partial charge in [0.2, 0.25) is 0 Å². The number of phenolic OH excluding ortho intramolecular Hbond substituents is 1.